The van der Waals surface area contributed by atoms with Crippen molar-refractivity contribution in [2.24, 2.45) is 5.92 Å². The highest BCUT2D eigenvalue weighted by Gasteiger charge is 2.28. The van der Waals surface area contributed by atoms with E-state index in [9.17, 15) is 13.2 Å². The fraction of sp³-hybridized carbons (Fsp3) is 1.00. The van der Waals surface area contributed by atoms with Crippen molar-refractivity contribution in [2.45, 2.75) is 19.0 Å². The molecular formula is C6H11ClF3N. The predicted molar refractivity (Wildman–Crippen MR) is 38.9 cm³/mol. The summed E-state index contributed by atoms with van der Waals surface area (Å²) in [5.41, 5.74) is 0. The summed E-state index contributed by atoms with van der Waals surface area (Å²) in [6, 6.07) is 0. The number of hydrogen-bond donors (Lipinski definition) is 1. The van der Waals surface area contributed by atoms with Crippen molar-refractivity contribution < 1.29 is 13.2 Å². The van der Waals surface area contributed by atoms with Crippen LogP contribution >= 0.6 is 12.4 Å². The Labute approximate surface area is 69.8 Å². The maximum atomic E-state index is 11.5. The van der Waals surface area contributed by atoms with Gasteiger partial charge in [0.25, 0.3) is 0 Å². The van der Waals surface area contributed by atoms with E-state index in [0.717, 1.165) is 12.8 Å². The van der Waals surface area contributed by atoms with Gasteiger partial charge in [-0.05, 0) is 25.3 Å². The van der Waals surface area contributed by atoms with Crippen LogP contribution in [0.4, 0.5) is 13.2 Å². The van der Waals surface area contributed by atoms with E-state index in [1.165, 1.54) is 0 Å². The van der Waals surface area contributed by atoms with E-state index in [4.69, 9.17) is 0 Å². The Kier molecular flexibility index (Phi) is 4.18. The Morgan fingerprint density at radius 3 is 2.18 bits per heavy atom. The maximum Gasteiger partial charge on any atom is 0.401 e. The molecular weight excluding hydrogens is 179 g/mol. The van der Waals surface area contributed by atoms with Gasteiger partial charge in [0.15, 0.2) is 0 Å². The van der Waals surface area contributed by atoms with Crippen molar-refractivity contribution in [1.82, 2.24) is 5.32 Å². The van der Waals surface area contributed by atoms with Crippen LogP contribution < -0.4 is 5.32 Å². The molecule has 0 aliphatic heterocycles. The first kappa shape index (κ1) is 11.0. The van der Waals surface area contributed by atoms with Gasteiger partial charge in [0.2, 0.25) is 0 Å². The van der Waals surface area contributed by atoms with Crippen LogP contribution in [0.25, 0.3) is 0 Å². The molecule has 0 unspecified atom stereocenters. The van der Waals surface area contributed by atoms with Gasteiger partial charge in [0.1, 0.15) is 0 Å². The summed E-state index contributed by atoms with van der Waals surface area (Å²) in [7, 11) is 0. The summed E-state index contributed by atoms with van der Waals surface area (Å²) in [5.74, 6) is 0.516. The highest BCUT2D eigenvalue weighted by Crippen LogP contribution is 2.27. The monoisotopic (exact) mass is 189 g/mol. The molecule has 0 heterocycles. The number of halogens is 4. The Hall–Kier alpha value is 0.0400. The van der Waals surface area contributed by atoms with Gasteiger partial charge < -0.3 is 5.32 Å². The molecule has 0 spiro atoms. The summed E-state index contributed by atoms with van der Waals surface area (Å²) in [4.78, 5) is 0. The average Bonchev–Trinajstić information content (AvgIpc) is 2.45. The predicted octanol–water partition coefficient (Wildman–Crippen LogP) is 1.97. The molecule has 1 aliphatic carbocycles. The van der Waals surface area contributed by atoms with Gasteiger partial charge in [-0.3, -0.25) is 0 Å². The molecule has 1 saturated carbocycles. The second-order valence-corrected chi connectivity index (χ2v) is 2.69. The topological polar surface area (TPSA) is 12.0 Å². The third kappa shape index (κ3) is 6.44. The second-order valence-electron chi connectivity index (χ2n) is 2.69. The van der Waals surface area contributed by atoms with Crippen molar-refractivity contribution in [3.8, 4) is 0 Å². The molecule has 1 nitrogen and oxygen atoms in total. The minimum absolute atomic E-state index is 0. The van der Waals surface area contributed by atoms with E-state index in [1.54, 1.807) is 0 Å². The highest BCUT2D eigenvalue weighted by atomic mass is 35.5. The van der Waals surface area contributed by atoms with Crippen LogP contribution in [0.15, 0.2) is 0 Å². The summed E-state index contributed by atoms with van der Waals surface area (Å²) >= 11 is 0. The lowest BCUT2D eigenvalue weighted by Gasteiger charge is -2.06. The van der Waals surface area contributed by atoms with E-state index < -0.39 is 12.7 Å². The molecule has 0 aromatic rings. The molecule has 0 aromatic carbocycles. The largest absolute Gasteiger partial charge is 0.401 e. The standard InChI is InChI=1S/C6H10F3N.ClH/c7-6(8,9)4-10-3-5-1-2-5;/h5,10H,1-4H2;1H. The Morgan fingerprint density at radius 1 is 1.27 bits per heavy atom. The van der Waals surface area contributed by atoms with E-state index in [2.05, 4.69) is 5.32 Å². The maximum absolute atomic E-state index is 11.5. The lowest BCUT2D eigenvalue weighted by molar-refractivity contribution is -0.124. The van der Waals surface area contributed by atoms with E-state index in [-0.39, 0.29) is 12.4 Å². The first-order valence-electron chi connectivity index (χ1n) is 3.35. The van der Waals surface area contributed by atoms with Gasteiger partial charge >= 0.3 is 6.18 Å². The smallest absolute Gasteiger partial charge is 0.308 e. The Bertz CT molecular complexity index is 111. The fourth-order valence-corrected chi connectivity index (χ4v) is 0.740. The molecule has 0 radical (unpaired) electrons. The molecule has 68 valence electrons. The van der Waals surface area contributed by atoms with Gasteiger partial charge in [-0.2, -0.15) is 13.2 Å². The molecule has 0 aromatic heterocycles. The zero-order valence-corrected chi connectivity index (χ0v) is 6.76. The summed E-state index contributed by atoms with van der Waals surface area (Å²) in [6.45, 7) is -0.316. The molecule has 1 fully saturated rings. The molecule has 0 saturated heterocycles. The minimum Gasteiger partial charge on any atom is -0.308 e. The Morgan fingerprint density at radius 2 is 1.82 bits per heavy atom. The second kappa shape index (κ2) is 4.16. The third-order valence-electron chi connectivity index (χ3n) is 1.46. The molecule has 0 amide bonds. The minimum atomic E-state index is -4.05. The lowest BCUT2D eigenvalue weighted by Crippen LogP contribution is -2.30. The van der Waals surface area contributed by atoms with Crippen LogP contribution in [0, 0.1) is 5.92 Å². The van der Waals surface area contributed by atoms with Gasteiger partial charge in [-0.15, -0.1) is 12.4 Å². The Balaban J connectivity index is 0.000001000. The van der Waals surface area contributed by atoms with Crippen molar-refractivity contribution >= 4 is 12.4 Å². The van der Waals surface area contributed by atoms with Crippen LogP contribution in [0.3, 0.4) is 0 Å². The van der Waals surface area contributed by atoms with Gasteiger partial charge in [0, 0.05) is 0 Å². The number of alkyl halides is 3. The van der Waals surface area contributed by atoms with Crippen molar-refractivity contribution in [3.05, 3.63) is 0 Å². The summed E-state index contributed by atoms with van der Waals surface area (Å²) < 4.78 is 34.4. The van der Waals surface area contributed by atoms with Crippen LogP contribution in [0.5, 0.6) is 0 Å². The SMILES string of the molecule is Cl.FC(F)(F)CNCC1CC1. The lowest BCUT2D eigenvalue weighted by atomic mass is 10.4. The van der Waals surface area contributed by atoms with Crippen LogP contribution in [-0.4, -0.2) is 19.3 Å². The number of hydrogen-bond acceptors (Lipinski definition) is 1. The van der Waals surface area contributed by atoms with E-state index in [0.29, 0.717) is 12.5 Å². The average molecular weight is 190 g/mol. The zero-order valence-electron chi connectivity index (χ0n) is 5.95. The molecule has 0 atom stereocenters. The molecule has 0 bridgehead atoms. The first-order chi connectivity index (χ1) is 4.58. The summed E-state index contributed by atoms with van der Waals surface area (Å²) in [5, 5.41) is 2.36. The third-order valence-corrected chi connectivity index (χ3v) is 1.46. The molecule has 11 heavy (non-hydrogen) atoms. The van der Waals surface area contributed by atoms with E-state index in [1.807, 2.05) is 0 Å². The quantitative estimate of drug-likeness (QED) is 0.716. The molecule has 1 aliphatic rings. The summed E-state index contributed by atoms with van der Waals surface area (Å²) in [6.07, 6.45) is -1.87. The van der Waals surface area contributed by atoms with Crippen LogP contribution in [0.2, 0.25) is 0 Å². The van der Waals surface area contributed by atoms with Gasteiger partial charge in [0.05, 0.1) is 6.54 Å². The normalized spacial score (nSPS) is 17.7. The molecule has 1 rings (SSSR count). The van der Waals surface area contributed by atoms with Gasteiger partial charge in [-0.25, -0.2) is 0 Å². The van der Waals surface area contributed by atoms with Gasteiger partial charge in [-0.1, -0.05) is 0 Å². The molecule has 1 N–H and O–H groups in total. The fourth-order valence-electron chi connectivity index (χ4n) is 0.740. The van der Waals surface area contributed by atoms with Crippen LogP contribution in [0.1, 0.15) is 12.8 Å². The van der Waals surface area contributed by atoms with Crippen LogP contribution in [-0.2, 0) is 0 Å². The number of nitrogens with one attached hydrogen (secondary N) is 1. The van der Waals surface area contributed by atoms with E-state index >= 15 is 0 Å². The van der Waals surface area contributed by atoms with Crippen molar-refractivity contribution in [3.63, 3.8) is 0 Å². The zero-order chi connectivity index (χ0) is 7.61. The van der Waals surface area contributed by atoms with Crippen molar-refractivity contribution in [1.29, 1.82) is 0 Å². The van der Waals surface area contributed by atoms with Crippen molar-refractivity contribution in [2.75, 3.05) is 13.1 Å². The number of rotatable bonds is 3. The first-order valence-corrected chi connectivity index (χ1v) is 3.35. The molecule has 5 heteroatoms. The highest BCUT2D eigenvalue weighted by molar-refractivity contribution is 5.85.